The molecule has 0 radical (unpaired) electrons. The molecule has 0 saturated carbocycles. The van der Waals surface area contributed by atoms with Crippen molar-refractivity contribution in [2.75, 3.05) is 0 Å². The summed E-state index contributed by atoms with van der Waals surface area (Å²) in [5.74, 6) is 0. The Hall–Kier alpha value is -4.10. The van der Waals surface area contributed by atoms with Crippen LogP contribution in [-0.2, 0) is 0 Å². The lowest BCUT2D eigenvalue weighted by molar-refractivity contribution is 0.669. The minimum atomic E-state index is 0.929. The van der Waals surface area contributed by atoms with Gasteiger partial charge in [0.05, 0.1) is 0 Å². The van der Waals surface area contributed by atoms with Crippen LogP contribution in [0.1, 0.15) is 19.4 Å². The average Bonchev–Trinajstić information content (AvgIpc) is 3.28. The number of benzene rings is 5. The Balaban J connectivity index is 0.00000117. The van der Waals surface area contributed by atoms with E-state index in [1.807, 2.05) is 26.0 Å². The van der Waals surface area contributed by atoms with Gasteiger partial charge in [-0.25, -0.2) is 0 Å². The Bertz CT molecular complexity index is 1550. The third-order valence-electron chi connectivity index (χ3n) is 6.18. The van der Waals surface area contributed by atoms with Gasteiger partial charge in [0.1, 0.15) is 11.2 Å². The smallest absolute Gasteiger partial charge is 0.135 e. The van der Waals surface area contributed by atoms with Crippen LogP contribution < -0.4 is 0 Å². The van der Waals surface area contributed by atoms with E-state index in [9.17, 15) is 0 Å². The van der Waals surface area contributed by atoms with Crippen molar-refractivity contribution in [1.29, 1.82) is 0 Å². The molecule has 0 unspecified atom stereocenters. The molecule has 0 aliphatic heterocycles. The van der Waals surface area contributed by atoms with Crippen molar-refractivity contribution in [3.8, 4) is 33.4 Å². The molecule has 6 rings (SSSR count). The summed E-state index contributed by atoms with van der Waals surface area (Å²) in [6.07, 6.45) is 0. The van der Waals surface area contributed by atoms with Gasteiger partial charge in [0, 0.05) is 10.8 Å². The molecule has 1 nitrogen and oxygen atoms in total. The summed E-state index contributed by atoms with van der Waals surface area (Å²) in [7, 11) is 0. The Kier molecular flexibility index (Phi) is 6.01. The van der Waals surface area contributed by atoms with E-state index in [0.29, 0.717) is 0 Å². The lowest BCUT2D eigenvalue weighted by atomic mass is 9.96. The largest absolute Gasteiger partial charge is 0.456 e. The molecular formula is C33H28O. The van der Waals surface area contributed by atoms with Gasteiger partial charge < -0.3 is 4.42 Å². The molecular weight excluding hydrogens is 412 g/mol. The number of hydrogen-bond donors (Lipinski definition) is 0. The minimum absolute atomic E-state index is 0.929. The van der Waals surface area contributed by atoms with Crippen LogP contribution in [0.4, 0.5) is 0 Å². The average molecular weight is 441 g/mol. The van der Waals surface area contributed by atoms with Gasteiger partial charge in [-0.1, -0.05) is 110 Å². The molecule has 0 bridgehead atoms. The quantitative estimate of drug-likeness (QED) is 0.267. The summed E-state index contributed by atoms with van der Waals surface area (Å²) < 4.78 is 5.99. The lowest BCUT2D eigenvalue weighted by Crippen LogP contribution is -1.83. The number of para-hydroxylation sites is 1. The second kappa shape index (κ2) is 9.41. The first kappa shape index (κ1) is 21.7. The molecule has 0 saturated heterocycles. The minimum Gasteiger partial charge on any atom is -0.456 e. The predicted octanol–water partition coefficient (Wildman–Crippen LogP) is 9.92. The van der Waals surface area contributed by atoms with Gasteiger partial charge in [-0.05, 0) is 64.6 Å². The van der Waals surface area contributed by atoms with Gasteiger partial charge in [0.2, 0.25) is 0 Å². The third kappa shape index (κ3) is 4.13. The number of furan rings is 1. The van der Waals surface area contributed by atoms with Crippen LogP contribution >= 0.6 is 0 Å². The van der Waals surface area contributed by atoms with Crippen LogP contribution in [0.5, 0.6) is 0 Å². The fourth-order valence-electron chi connectivity index (χ4n) is 4.39. The Labute approximate surface area is 201 Å². The maximum atomic E-state index is 5.99. The van der Waals surface area contributed by atoms with Gasteiger partial charge >= 0.3 is 0 Å². The molecule has 166 valence electrons. The van der Waals surface area contributed by atoms with Gasteiger partial charge in [-0.2, -0.15) is 0 Å². The standard InChI is InChI=1S/C31H22O.C2H6/c1-21-9-11-22(12-10-21)23-13-15-24(16-14-23)25-5-4-6-26(19-25)27-17-18-31-29(20-27)28-7-2-3-8-30(28)32-31;1-2/h2-20H,1H3;1-2H3. The van der Waals surface area contributed by atoms with Crippen molar-refractivity contribution in [1.82, 2.24) is 0 Å². The molecule has 0 atom stereocenters. The van der Waals surface area contributed by atoms with Crippen molar-refractivity contribution in [2.45, 2.75) is 20.8 Å². The van der Waals surface area contributed by atoms with Crippen molar-refractivity contribution in [2.24, 2.45) is 0 Å². The molecule has 0 aliphatic rings. The Morgan fingerprint density at radius 2 is 0.912 bits per heavy atom. The molecule has 1 heteroatoms. The SMILES string of the molecule is CC.Cc1ccc(-c2ccc(-c3cccc(-c4ccc5oc6ccccc6c5c4)c3)cc2)cc1. The maximum Gasteiger partial charge on any atom is 0.135 e. The monoisotopic (exact) mass is 440 g/mol. The molecule has 6 aromatic rings. The summed E-state index contributed by atoms with van der Waals surface area (Å²) in [5, 5.41) is 2.32. The van der Waals surface area contributed by atoms with E-state index in [1.165, 1.54) is 38.9 Å². The highest BCUT2D eigenvalue weighted by Gasteiger charge is 2.09. The second-order valence-corrected chi connectivity index (χ2v) is 8.33. The number of rotatable bonds is 3. The van der Waals surface area contributed by atoms with Gasteiger partial charge in [0.25, 0.3) is 0 Å². The zero-order valence-corrected chi connectivity index (χ0v) is 19.9. The first-order valence-corrected chi connectivity index (χ1v) is 11.9. The first-order valence-electron chi connectivity index (χ1n) is 11.9. The van der Waals surface area contributed by atoms with Crippen molar-refractivity contribution < 1.29 is 4.42 Å². The number of hydrogen-bond acceptors (Lipinski definition) is 1. The molecule has 34 heavy (non-hydrogen) atoms. The summed E-state index contributed by atoms with van der Waals surface area (Å²) >= 11 is 0. The molecule has 0 N–H and O–H groups in total. The normalized spacial score (nSPS) is 10.8. The second-order valence-electron chi connectivity index (χ2n) is 8.33. The molecule has 1 aromatic heterocycles. The predicted molar refractivity (Wildman–Crippen MR) is 146 cm³/mol. The van der Waals surface area contributed by atoms with E-state index in [2.05, 4.69) is 110 Å². The van der Waals surface area contributed by atoms with Crippen LogP contribution in [0.3, 0.4) is 0 Å². The van der Waals surface area contributed by atoms with Crippen molar-refractivity contribution in [3.63, 3.8) is 0 Å². The summed E-state index contributed by atoms with van der Waals surface area (Å²) in [6, 6.07) is 40.9. The Morgan fingerprint density at radius 3 is 1.62 bits per heavy atom. The van der Waals surface area contributed by atoms with Crippen molar-refractivity contribution >= 4 is 21.9 Å². The number of fused-ring (bicyclic) bond motifs is 3. The van der Waals surface area contributed by atoms with Gasteiger partial charge in [-0.15, -0.1) is 0 Å². The highest BCUT2D eigenvalue weighted by molar-refractivity contribution is 6.06. The van der Waals surface area contributed by atoms with E-state index in [1.54, 1.807) is 0 Å². The first-order chi connectivity index (χ1) is 16.7. The lowest BCUT2D eigenvalue weighted by Gasteiger charge is -2.08. The van der Waals surface area contributed by atoms with Crippen LogP contribution in [0.15, 0.2) is 120 Å². The zero-order valence-electron chi connectivity index (χ0n) is 19.9. The number of aryl methyl sites for hydroxylation is 1. The highest BCUT2D eigenvalue weighted by atomic mass is 16.3. The topological polar surface area (TPSA) is 13.1 Å². The van der Waals surface area contributed by atoms with Crippen LogP contribution in [0, 0.1) is 6.92 Å². The van der Waals surface area contributed by atoms with E-state index in [4.69, 9.17) is 4.42 Å². The van der Waals surface area contributed by atoms with Crippen molar-refractivity contribution in [3.05, 3.63) is 121 Å². The summed E-state index contributed by atoms with van der Waals surface area (Å²) in [5.41, 5.74) is 10.5. The fraction of sp³-hybridized carbons (Fsp3) is 0.0909. The molecule has 0 spiro atoms. The van der Waals surface area contributed by atoms with E-state index < -0.39 is 0 Å². The molecule has 0 aliphatic carbocycles. The fourth-order valence-corrected chi connectivity index (χ4v) is 4.39. The highest BCUT2D eigenvalue weighted by Crippen LogP contribution is 2.34. The van der Waals surface area contributed by atoms with Gasteiger partial charge in [0.15, 0.2) is 0 Å². The summed E-state index contributed by atoms with van der Waals surface area (Å²) in [4.78, 5) is 0. The molecule has 0 amide bonds. The maximum absolute atomic E-state index is 5.99. The summed E-state index contributed by atoms with van der Waals surface area (Å²) in [6.45, 7) is 6.12. The van der Waals surface area contributed by atoms with Crippen LogP contribution in [0.2, 0.25) is 0 Å². The zero-order chi connectivity index (χ0) is 23.5. The Morgan fingerprint density at radius 1 is 0.412 bits per heavy atom. The third-order valence-corrected chi connectivity index (χ3v) is 6.18. The van der Waals surface area contributed by atoms with E-state index >= 15 is 0 Å². The molecule has 0 fully saturated rings. The van der Waals surface area contributed by atoms with Gasteiger partial charge in [-0.3, -0.25) is 0 Å². The van der Waals surface area contributed by atoms with Crippen LogP contribution in [0.25, 0.3) is 55.3 Å². The molecule has 5 aromatic carbocycles. The van der Waals surface area contributed by atoms with Crippen LogP contribution in [-0.4, -0.2) is 0 Å². The van der Waals surface area contributed by atoms with E-state index in [0.717, 1.165) is 21.9 Å². The molecule has 1 heterocycles. The van der Waals surface area contributed by atoms with E-state index in [-0.39, 0.29) is 0 Å².